The summed E-state index contributed by atoms with van der Waals surface area (Å²) >= 11 is 0. The maximum Gasteiger partial charge on any atom is 0.228 e. The van der Waals surface area contributed by atoms with Gasteiger partial charge in [0.05, 0.1) is 6.20 Å². The molecule has 0 saturated heterocycles. The van der Waals surface area contributed by atoms with Crippen LogP contribution in [0.2, 0.25) is 0 Å². The molecule has 0 aromatic carbocycles. The Morgan fingerprint density at radius 3 is 2.60 bits per heavy atom. The van der Waals surface area contributed by atoms with Crippen molar-refractivity contribution in [1.29, 1.82) is 0 Å². The van der Waals surface area contributed by atoms with Crippen LogP contribution in [0.3, 0.4) is 0 Å². The van der Waals surface area contributed by atoms with E-state index in [9.17, 15) is 9.18 Å². The highest BCUT2D eigenvalue weighted by atomic mass is 19.1. The third-order valence-corrected chi connectivity index (χ3v) is 4.76. The van der Waals surface area contributed by atoms with Crippen LogP contribution in [0.4, 0.5) is 10.2 Å². The summed E-state index contributed by atoms with van der Waals surface area (Å²) < 4.78 is 12.8. The van der Waals surface area contributed by atoms with Gasteiger partial charge in [-0.2, -0.15) is 0 Å². The van der Waals surface area contributed by atoms with Crippen molar-refractivity contribution in [2.24, 2.45) is 23.5 Å². The van der Waals surface area contributed by atoms with Gasteiger partial charge in [-0.3, -0.25) is 4.79 Å². The lowest BCUT2D eigenvalue weighted by Crippen LogP contribution is -2.48. The molecule has 1 aromatic rings. The van der Waals surface area contributed by atoms with Crippen LogP contribution < -0.4 is 11.1 Å². The molecule has 0 spiro atoms. The topological polar surface area (TPSA) is 68.0 Å². The highest BCUT2D eigenvalue weighted by Gasteiger charge is 2.40. The highest BCUT2D eigenvalue weighted by molar-refractivity contribution is 5.91. The molecular weight excluding hydrogens is 257 g/mol. The summed E-state index contributed by atoms with van der Waals surface area (Å²) in [4.78, 5) is 16.2. The van der Waals surface area contributed by atoms with E-state index in [4.69, 9.17) is 5.73 Å². The van der Waals surface area contributed by atoms with Crippen LogP contribution in [0.25, 0.3) is 0 Å². The molecule has 2 aliphatic rings. The van der Waals surface area contributed by atoms with Crippen LogP contribution in [0, 0.1) is 23.6 Å². The number of aromatic nitrogens is 1. The van der Waals surface area contributed by atoms with Gasteiger partial charge in [-0.1, -0.05) is 6.42 Å². The number of carbonyl (C=O) groups excluding carboxylic acids is 1. The van der Waals surface area contributed by atoms with Gasteiger partial charge in [0.15, 0.2) is 0 Å². The third kappa shape index (κ3) is 2.68. The minimum absolute atomic E-state index is 0.00657. The van der Waals surface area contributed by atoms with Gasteiger partial charge in [0, 0.05) is 12.0 Å². The quantitative estimate of drug-likeness (QED) is 0.871. The van der Waals surface area contributed by atoms with Gasteiger partial charge >= 0.3 is 0 Å². The average Bonchev–Trinajstić information content (AvgIpc) is 2.41. The Bertz CT molecular complexity index is 476. The molecular formula is C15H20FN3O. The van der Waals surface area contributed by atoms with E-state index in [0.717, 1.165) is 31.9 Å². The second-order valence-electron chi connectivity index (χ2n) is 6.05. The van der Waals surface area contributed by atoms with E-state index >= 15 is 0 Å². The van der Waals surface area contributed by atoms with Crippen molar-refractivity contribution in [2.75, 3.05) is 5.32 Å². The molecule has 4 nitrogen and oxygen atoms in total. The maximum absolute atomic E-state index is 12.8. The number of hydrogen-bond acceptors (Lipinski definition) is 3. The minimum Gasteiger partial charge on any atom is -0.327 e. The monoisotopic (exact) mass is 277 g/mol. The number of amides is 1. The summed E-state index contributed by atoms with van der Waals surface area (Å²) in [7, 11) is 0. The van der Waals surface area contributed by atoms with Crippen LogP contribution in [0.1, 0.15) is 32.1 Å². The second kappa shape index (κ2) is 5.48. The molecule has 0 radical (unpaired) electrons. The normalized spacial score (nSPS) is 32.7. The van der Waals surface area contributed by atoms with Crippen molar-refractivity contribution in [2.45, 2.75) is 38.1 Å². The lowest BCUT2D eigenvalue weighted by molar-refractivity contribution is -0.122. The zero-order valence-corrected chi connectivity index (χ0v) is 11.4. The zero-order valence-electron chi connectivity index (χ0n) is 11.4. The Morgan fingerprint density at radius 1 is 1.30 bits per heavy atom. The highest BCUT2D eigenvalue weighted by Crippen LogP contribution is 2.42. The van der Waals surface area contributed by atoms with E-state index in [2.05, 4.69) is 10.3 Å². The fourth-order valence-electron chi connectivity index (χ4n) is 3.68. The van der Waals surface area contributed by atoms with Crippen LogP contribution in [0.15, 0.2) is 18.3 Å². The molecule has 108 valence electrons. The molecule has 2 bridgehead atoms. The number of rotatable bonds is 2. The molecule has 1 heterocycles. The summed E-state index contributed by atoms with van der Waals surface area (Å²) in [5, 5.41) is 2.79. The van der Waals surface area contributed by atoms with Gasteiger partial charge in [0.2, 0.25) is 5.91 Å². The SMILES string of the molecule is NC1C2CCCC1CC(C(=O)Nc1ccc(F)cn1)C2. The summed E-state index contributed by atoms with van der Waals surface area (Å²) in [6.07, 6.45) is 6.35. The van der Waals surface area contributed by atoms with E-state index in [-0.39, 0.29) is 17.9 Å². The number of nitrogens with one attached hydrogen (secondary N) is 1. The summed E-state index contributed by atoms with van der Waals surface area (Å²) in [5.41, 5.74) is 6.23. The molecule has 3 N–H and O–H groups in total. The fraction of sp³-hybridized carbons (Fsp3) is 0.600. The largest absolute Gasteiger partial charge is 0.327 e. The summed E-state index contributed by atoms with van der Waals surface area (Å²) in [6.45, 7) is 0. The number of pyridine rings is 1. The lowest BCUT2D eigenvalue weighted by atomic mass is 9.65. The molecule has 3 rings (SSSR count). The molecule has 0 aliphatic heterocycles. The van der Waals surface area contributed by atoms with Gasteiger partial charge in [0.1, 0.15) is 11.6 Å². The van der Waals surface area contributed by atoms with E-state index in [1.807, 2.05) is 0 Å². The predicted octanol–water partition coefficient (Wildman–Crippen LogP) is 2.31. The standard InChI is InChI=1S/C15H20FN3O/c16-12-4-5-13(18-8-12)19-15(20)11-6-9-2-1-3-10(7-11)14(9)17/h4-5,8-11,14H,1-3,6-7,17H2,(H,18,19,20). The fourth-order valence-corrected chi connectivity index (χ4v) is 3.68. The Balaban J connectivity index is 1.64. The van der Waals surface area contributed by atoms with Crippen LogP contribution in [-0.2, 0) is 4.79 Å². The van der Waals surface area contributed by atoms with E-state index in [0.29, 0.717) is 17.7 Å². The Kier molecular flexibility index (Phi) is 3.70. The summed E-state index contributed by atoms with van der Waals surface area (Å²) in [5.74, 6) is 0.960. The number of fused-ring (bicyclic) bond motifs is 2. The van der Waals surface area contributed by atoms with Gasteiger partial charge < -0.3 is 11.1 Å². The predicted molar refractivity (Wildman–Crippen MR) is 74.4 cm³/mol. The number of anilines is 1. The number of nitrogens with two attached hydrogens (primary N) is 1. The van der Waals surface area contributed by atoms with Crippen molar-refractivity contribution in [1.82, 2.24) is 4.98 Å². The molecule has 2 saturated carbocycles. The van der Waals surface area contributed by atoms with Crippen molar-refractivity contribution in [3.63, 3.8) is 0 Å². The molecule has 2 unspecified atom stereocenters. The number of nitrogens with zero attached hydrogens (tertiary/aromatic N) is 1. The smallest absolute Gasteiger partial charge is 0.228 e. The second-order valence-corrected chi connectivity index (χ2v) is 6.05. The van der Waals surface area contributed by atoms with Crippen LogP contribution >= 0.6 is 0 Å². The van der Waals surface area contributed by atoms with Crippen molar-refractivity contribution in [3.05, 3.63) is 24.1 Å². The molecule has 2 atom stereocenters. The van der Waals surface area contributed by atoms with Crippen LogP contribution in [-0.4, -0.2) is 16.9 Å². The molecule has 20 heavy (non-hydrogen) atoms. The van der Waals surface area contributed by atoms with E-state index < -0.39 is 5.82 Å². The first-order valence-electron chi connectivity index (χ1n) is 7.31. The zero-order chi connectivity index (χ0) is 14.1. The lowest BCUT2D eigenvalue weighted by Gasteiger charge is -2.43. The number of carbonyl (C=O) groups is 1. The summed E-state index contributed by atoms with van der Waals surface area (Å²) in [6, 6.07) is 3.05. The number of hydrogen-bond donors (Lipinski definition) is 2. The van der Waals surface area contributed by atoms with Gasteiger partial charge in [-0.05, 0) is 49.7 Å². The maximum atomic E-state index is 12.8. The Morgan fingerprint density at radius 2 is 2.00 bits per heavy atom. The average molecular weight is 277 g/mol. The van der Waals surface area contributed by atoms with Gasteiger partial charge in [-0.15, -0.1) is 0 Å². The van der Waals surface area contributed by atoms with E-state index in [1.165, 1.54) is 18.6 Å². The van der Waals surface area contributed by atoms with Crippen molar-refractivity contribution in [3.8, 4) is 0 Å². The Labute approximate surface area is 118 Å². The molecule has 5 heteroatoms. The van der Waals surface area contributed by atoms with Gasteiger partial charge in [-0.25, -0.2) is 9.37 Å². The molecule has 2 fully saturated rings. The van der Waals surface area contributed by atoms with E-state index in [1.54, 1.807) is 0 Å². The van der Waals surface area contributed by atoms with Crippen molar-refractivity contribution >= 4 is 11.7 Å². The molecule has 1 amide bonds. The first-order chi connectivity index (χ1) is 9.63. The first-order valence-corrected chi connectivity index (χ1v) is 7.31. The third-order valence-electron chi connectivity index (χ3n) is 4.76. The van der Waals surface area contributed by atoms with Crippen molar-refractivity contribution < 1.29 is 9.18 Å². The Hall–Kier alpha value is -1.49. The molecule has 1 aromatic heterocycles. The minimum atomic E-state index is -0.402. The first kappa shape index (κ1) is 13.5. The van der Waals surface area contributed by atoms with Gasteiger partial charge in [0.25, 0.3) is 0 Å². The van der Waals surface area contributed by atoms with Crippen LogP contribution in [0.5, 0.6) is 0 Å². The molecule has 2 aliphatic carbocycles. The number of halogens is 1.